The first-order valence-corrected chi connectivity index (χ1v) is 6.22. The summed E-state index contributed by atoms with van der Waals surface area (Å²) in [4.78, 5) is 18.2. The number of rotatable bonds is 3. The van der Waals surface area contributed by atoms with Crippen LogP contribution in [0.1, 0.15) is 12.5 Å². The van der Waals surface area contributed by atoms with Crippen molar-refractivity contribution in [2.24, 2.45) is 0 Å². The first kappa shape index (κ1) is 12.8. The number of pyridine rings is 1. The molecule has 1 atom stereocenters. The molecule has 2 rings (SSSR count). The van der Waals surface area contributed by atoms with Crippen molar-refractivity contribution in [3.63, 3.8) is 0 Å². The van der Waals surface area contributed by atoms with E-state index in [0.29, 0.717) is 26.3 Å². The maximum atomic E-state index is 12.2. The van der Waals surface area contributed by atoms with Crippen molar-refractivity contribution in [3.8, 4) is 0 Å². The standard InChI is InChI=1S/C13H19N3O2/c1-10-3-4-14-12(9-10)15-11(2)13(17)16-5-7-18-8-6-16/h3-4,9,11H,5-8H2,1-2H3,(H,14,15). The molecule has 2 heterocycles. The molecule has 0 aromatic carbocycles. The second-order valence-electron chi connectivity index (χ2n) is 4.52. The van der Waals surface area contributed by atoms with Crippen molar-refractivity contribution < 1.29 is 9.53 Å². The lowest BCUT2D eigenvalue weighted by Gasteiger charge is -2.29. The number of ether oxygens (including phenoxy) is 1. The van der Waals surface area contributed by atoms with E-state index in [9.17, 15) is 4.79 Å². The van der Waals surface area contributed by atoms with Crippen LogP contribution in [0.15, 0.2) is 18.3 Å². The molecule has 1 N–H and O–H groups in total. The van der Waals surface area contributed by atoms with Crippen molar-refractivity contribution in [2.45, 2.75) is 19.9 Å². The fraction of sp³-hybridized carbons (Fsp3) is 0.538. The van der Waals surface area contributed by atoms with Crippen LogP contribution in [0, 0.1) is 6.92 Å². The zero-order chi connectivity index (χ0) is 13.0. The third-order valence-electron chi connectivity index (χ3n) is 2.97. The average Bonchev–Trinajstić information content (AvgIpc) is 2.39. The van der Waals surface area contributed by atoms with Gasteiger partial charge < -0.3 is 15.0 Å². The minimum absolute atomic E-state index is 0.0987. The number of carbonyl (C=O) groups excluding carboxylic acids is 1. The van der Waals surface area contributed by atoms with Gasteiger partial charge in [0.15, 0.2) is 0 Å². The van der Waals surface area contributed by atoms with E-state index in [1.165, 1.54) is 0 Å². The molecule has 0 aliphatic carbocycles. The van der Waals surface area contributed by atoms with Crippen LogP contribution in [-0.2, 0) is 9.53 Å². The smallest absolute Gasteiger partial charge is 0.244 e. The van der Waals surface area contributed by atoms with Crippen LogP contribution in [0.3, 0.4) is 0 Å². The molecule has 1 aromatic heterocycles. The average molecular weight is 249 g/mol. The van der Waals surface area contributed by atoms with E-state index < -0.39 is 0 Å². The highest BCUT2D eigenvalue weighted by molar-refractivity contribution is 5.84. The summed E-state index contributed by atoms with van der Waals surface area (Å²) in [5.41, 5.74) is 1.12. The number of hydrogen-bond acceptors (Lipinski definition) is 4. The van der Waals surface area contributed by atoms with Gasteiger partial charge in [-0.15, -0.1) is 0 Å². The molecule has 0 spiro atoms. The Kier molecular flexibility index (Phi) is 4.15. The van der Waals surface area contributed by atoms with Gasteiger partial charge in [-0.2, -0.15) is 0 Å². The number of anilines is 1. The Morgan fingerprint density at radius 3 is 2.89 bits per heavy atom. The topological polar surface area (TPSA) is 54.5 Å². The van der Waals surface area contributed by atoms with Crippen LogP contribution in [-0.4, -0.2) is 48.1 Å². The van der Waals surface area contributed by atoms with Crippen molar-refractivity contribution in [1.29, 1.82) is 0 Å². The van der Waals surface area contributed by atoms with Crippen molar-refractivity contribution in [2.75, 3.05) is 31.6 Å². The summed E-state index contributed by atoms with van der Waals surface area (Å²) in [6.45, 7) is 6.46. The van der Waals surface area contributed by atoms with Gasteiger partial charge in [0.2, 0.25) is 5.91 Å². The van der Waals surface area contributed by atoms with E-state index in [4.69, 9.17) is 4.74 Å². The number of aryl methyl sites for hydroxylation is 1. The summed E-state index contributed by atoms with van der Waals surface area (Å²) >= 11 is 0. The quantitative estimate of drug-likeness (QED) is 0.870. The second-order valence-corrected chi connectivity index (χ2v) is 4.52. The van der Waals surface area contributed by atoms with Crippen molar-refractivity contribution in [3.05, 3.63) is 23.9 Å². The maximum absolute atomic E-state index is 12.2. The molecule has 0 radical (unpaired) electrons. The molecule has 5 heteroatoms. The number of nitrogens with zero attached hydrogens (tertiary/aromatic N) is 2. The predicted octanol–water partition coefficient (Wildman–Crippen LogP) is 1.05. The fourth-order valence-corrected chi connectivity index (χ4v) is 1.96. The molecule has 0 bridgehead atoms. The van der Waals surface area contributed by atoms with Crippen molar-refractivity contribution in [1.82, 2.24) is 9.88 Å². The first-order chi connectivity index (χ1) is 8.66. The van der Waals surface area contributed by atoms with Gasteiger partial charge in [-0.05, 0) is 31.5 Å². The number of morpholine rings is 1. The van der Waals surface area contributed by atoms with Gasteiger partial charge in [-0.3, -0.25) is 4.79 Å². The molecule has 1 saturated heterocycles. The Bertz CT molecular complexity index is 416. The van der Waals surface area contributed by atoms with E-state index >= 15 is 0 Å². The lowest BCUT2D eigenvalue weighted by molar-refractivity contribution is -0.135. The highest BCUT2D eigenvalue weighted by atomic mass is 16.5. The van der Waals surface area contributed by atoms with E-state index in [2.05, 4.69) is 10.3 Å². The summed E-state index contributed by atoms with van der Waals surface area (Å²) in [5.74, 6) is 0.839. The Morgan fingerprint density at radius 2 is 2.22 bits per heavy atom. The summed E-state index contributed by atoms with van der Waals surface area (Å²) < 4.78 is 5.24. The highest BCUT2D eigenvalue weighted by Crippen LogP contribution is 2.09. The fourth-order valence-electron chi connectivity index (χ4n) is 1.96. The lowest BCUT2D eigenvalue weighted by atomic mass is 10.2. The normalized spacial score (nSPS) is 17.3. The van der Waals surface area contributed by atoms with Crippen LogP contribution < -0.4 is 5.32 Å². The van der Waals surface area contributed by atoms with Crippen LogP contribution in [0.5, 0.6) is 0 Å². The molecule has 98 valence electrons. The van der Waals surface area contributed by atoms with Gasteiger partial charge in [0.25, 0.3) is 0 Å². The first-order valence-electron chi connectivity index (χ1n) is 6.22. The Labute approximate surface area is 107 Å². The zero-order valence-corrected chi connectivity index (χ0v) is 10.8. The van der Waals surface area contributed by atoms with Gasteiger partial charge >= 0.3 is 0 Å². The van der Waals surface area contributed by atoms with Crippen LogP contribution in [0.4, 0.5) is 5.82 Å². The van der Waals surface area contributed by atoms with Crippen LogP contribution >= 0.6 is 0 Å². The highest BCUT2D eigenvalue weighted by Gasteiger charge is 2.22. The number of nitrogens with one attached hydrogen (secondary N) is 1. The zero-order valence-electron chi connectivity index (χ0n) is 10.8. The van der Waals surface area contributed by atoms with Crippen LogP contribution in [0.2, 0.25) is 0 Å². The number of amides is 1. The minimum atomic E-state index is -0.266. The van der Waals surface area contributed by atoms with Crippen molar-refractivity contribution >= 4 is 11.7 Å². The van der Waals surface area contributed by atoms with E-state index in [-0.39, 0.29) is 11.9 Å². The largest absolute Gasteiger partial charge is 0.378 e. The van der Waals surface area contributed by atoms with Gasteiger partial charge in [0.05, 0.1) is 13.2 Å². The van der Waals surface area contributed by atoms with E-state index in [0.717, 1.165) is 11.4 Å². The minimum Gasteiger partial charge on any atom is -0.378 e. The second kappa shape index (κ2) is 5.82. The molecule has 18 heavy (non-hydrogen) atoms. The number of carbonyl (C=O) groups is 1. The van der Waals surface area contributed by atoms with Gasteiger partial charge in [-0.1, -0.05) is 0 Å². The molecule has 1 unspecified atom stereocenters. The van der Waals surface area contributed by atoms with E-state index in [1.54, 1.807) is 6.20 Å². The monoisotopic (exact) mass is 249 g/mol. The summed E-state index contributed by atoms with van der Waals surface area (Å²) in [6, 6.07) is 3.60. The summed E-state index contributed by atoms with van der Waals surface area (Å²) in [5, 5.41) is 3.14. The molecule has 5 nitrogen and oxygen atoms in total. The Balaban J connectivity index is 1.94. The molecule has 1 amide bonds. The summed E-state index contributed by atoms with van der Waals surface area (Å²) in [7, 11) is 0. The molecular weight excluding hydrogens is 230 g/mol. The predicted molar refractivity (Wildman–Crippen MR) is 69.5 cm³/mol. The van der Waals surface area contributed by atoms with Gasteiger partial charge in [-0.25, -0.2) is 4.98 Å². The lowest BCUT2D eigenvalue weighted by Crippen LogP contribution is -2.47. The number of aromatic nitrogens is 1. The molecule has 1 fully saturated rings. The third kappa shape index (κ3) is 3.20. The van der Waals surface area contributed by atoms with E-state index in [1.807, 2.05) is 30.9 Å². The van der Waals surface area contributed by atoms with Gasteiger partial charge in [0, 0.05) is 19.3 Å². The number of hydrogen-bond donors (Lipinski definition) is 1. The maximum Gasteiger partial charge on any atom is 0.244 e. The molecule has 1 aliphatic rings. The molecule has 1 aromatic rings. The SMILES string of the molecule is Cc1ccnc(NC(C)C(=O)N2CCOCC2)c1. The van der Waals surface area contributed by atoms with Gasteiger partial charge in [0.1, 0.15) is 11.9 Å². The molecular formula is C13H19N3O2. The molecule has 0 saturated carbocycles. The third-order valence-corrected chi connectivity index (χ3v) is 2.97. The molecule has 1 aliphatic heterocycles. The summed E-state index contributed by atoms with van der Waals surface area (Å²) in [6.07, 6.45) is 1.74. The Hall–Kier alpha value is -1.62. The Morgan fingerprint density at radius 1 is 1.50 bits per heavy atom. The van der Waals surface area contributed by atoms with Crippen LogP contribution in [0.25, 0.3) is 0 Å².